The van der Waals surface area contributed by atoms with E-state index >= 15 is 0 Å². The van der Waals surface area contributed by atoms with Crippen LogP contribution in [-0.2, 0) is 0 Å². The van der Waals surface area contributed by atoms with E-state index in [-0.39, 0.29) is 0 Å². The lowest BCUT2D eigenvalue weighted by Gasteiger charge is -2.10. The quantitative estimate of drug-likeness (QED) is 0.754. The Labute approximate surface area is 139 Å². The van der Waals surface area contributed by atoms with Crippen LogP contribution in [0.5, 0.6) is 5.75 Å². The molecular weight excluding hydrogens is 304 g/mol. The second-order valence-electron chi connectivity index (χ2n) is 5.06. The summed E-state index contributed by atoms with van der Waals surface area (Å²) in [5, 5.41) is 3.17. The van der Waals surface area contributed by atoms with Gasteiger partial charge in [0.1, 0.15) is 17.9 Å². The van der Waals surface area contributed by atoms with E-state index in [2.05, 4.69) is 15.3 Å². The minimum absolute atomic E-state index is 0.456. The number of ether oxygens (including phenoxy) is 1. The fourth-order valence-electron chi connectivity index (χ4n) is 2.29. The number of aromatic nitrogens is 2. The van der Waals surface area contributed by atoms with E-state index in [1.165, 1.54) is 6.33 Å². The fraction of sp³-hybridized carbons (Fsp3) is 0.0556. The summed E-state index contributed by atoms with van der Waals surface area (Å²) in [7, 11) is 1.62. The molecule has 0 aliphatic heterocycles. The maximum atomic E-state index is 11.1. The number of nitrogens with zero attached hydrogens (tertiary/aromatic N) is 2. The zero-order valence-corrected chi connectivity index (χ0v) is 13.1. The highest BCUT2D eigenvalue weighted by Crippen LogP contribution is 2.29. The number of hydrogen-bond acceptors (Lipinski definition) is 5. The third kappa shape index (κ3) is 3.33. The molecule has 0 atom stereocenters. The second kappa shape index (κ2) is 6.78. The van der Waals surface area contributed by atoms with E-state index in [0.717, 1.165) is 22.7 Å². The largest absolute Gasteiger partial charge is 0.496 e. The number of primary amides is 1. The Kier molecular flexibility index (Phi) is 4.38. The van der Waals surface area contributed by atoms with Crippen molar-refractivity contribution in [2.75, 3.05) is 12.4 Å². The first-order chi connectivity index (χ1) is 11.7. The standard InChI is InChI=1S/C18H16N4O2/c1-24-16-5-3-2-4-14(16)15-10-17(21-11-20-15)22-13-8-6-12(7-9-13)18(19)23/h2-11H,1H3,(H2,19,23)(H,20,21,22). The first-order valence-electron chi connectivity index (χ1n) is 7.29. The molecule has 0 saturated heterocycles. The van der Waals surface area contributed by atoms with Gasteiger partial charge < -0.3 is 15.8 Å². The smallest absolute Gasteiger partial charge is 0.248 e. The molecule has 0 spiro atoms. The summed E-state index contributed by atoms with van der Waals surface area (Å²) in [6, 6.07) is 16.3. The number of rotatable bonds is 5. The number of methoxy groups -OCH3 is 1. The molecule has 6 heteroatoms. The van der Waals surface area contributed by atoms with Gasteiger partial charge in [0.25, 0.3) is 0 Å². The van der Waals surface area contributed by atoms with Crippen molar-refractivity contribution >= 4 is 17.4 Å². The predicted molar refractivity (Wildman–Crippen MR) is 92.3 cm³/mol. The molecule has 1 aromatic heterocycles. The lowest BCUT2D eigenvalue weighted by atomic mass is 10.1. The van der Waals surface area contributed by atoms with E-state index < -0.39 is 5.91 Å². The Morgan fingerprint density at radius 1 is 1.08 bits per heavy atom. The van der Waals surface area contributed by atoms with Gasteiger partial charge in [0.15, 0.2) is 0 Å². The maximum absolute atomic E-state index is 11.1. The average molecular weight is 320 g/mol. The molecule has 3 aromatic rings. The topological polar surface area (TPSA) is 90.1 Å². The maximum Gasteiger partial charge on any atom is 0.248 e. The number of amides is 1. The summed E-state index contributed by atoms with van der Waals surface area (Å²) >= 11 is 0. The number of benzene rings is 2. The molecule has 6 nitrogen and oxygen atoms in total. The number of hydrogen-bond donors (Lipinski definition) is 2. The van der Waals surface area contributed by atoms with Crippen molar-refractivity contribution < 1.29 is 9.53 Å². The van der Waals surface area contributed by atoms with Crippen LogP contribution in [0.4, 0.5) is 11.5 Å². The Morgan fingerprint density at radius 2 is 1.83 bits per heavy atom. The van der Waals surface area contributed by atoms with Crippen molar-refractivity contribution in [2.45, 2.75) is 0 Å². The van der Waals surface area contributed by atoms with Crippen LogP contribution in [0.2, 0.25) is 0 Å². The van der Waals surface area contributed by atoms with Crippen molar-refractivity contribution in [1.29, 1.82) is 0 Å². The highest BCUT2D eigenvalue weighted by molar-refractivity contribution is 5.93. The highest BCUT2D eigenvalue weighted by atomic mass is 16.5. The molecule has 2 aromatic carbocycles. The van der Waals surface area contributed by atoms with Crippen LogP contribution in [0.25, 0.3) is 11.3 Å². The predicted octanol–water partition coefficient (Wildman–Crippen LogP) is 2.99. The molecule has 0 radical (unpaired) electrons. The molecule has 3 rings (SSSR count). The Morgan fingerprint density at radius 3 is 2.54 bits per heavy atom. The summed E-state index contributed by atoms with van der Waals surface area (Å²) in [4.78, 5) is 19.6. The summed E-state index contributed by atoms with van der Waals surface area (Å²) in [6.07, 6.45) is 1.49. The van der Waals surface area contributed by atoms with Crippen molar-refractivity contribution in [1.82, 2.24) is 9.97 Å². The molecule has 0 aliphatic rings. The van der Waals surface area contributed by atoms with Crippen LogP contribution in [0.15, 0.2) is 60.9 Å². The summed E-state index contributed by atoms with van der Waals surface area (Å²) in [5.74, 6) is 0.924. The lowest BCUT2D eigenvalue weighted by molar-refractivity contribution is 0.100. The number of nitrogens with two attached hydrogens (primary N) is 1. The molecule has 1 amide bonds. The summed E-state index contributed by atoms with van der Waals surface area (Å²) < 4.78 is 5.37. The number of nitrogens with one attached hydrogen (secondary N) is 1. The zero-order chi connectivity index (χ0) is 16.9. The third-order valence-corrected chi connectivity index (χ3v) is 3.49. The monoisotopic (exact) mass is 320 g/mol. The number of anilines is 2. The van der Waals surface area contributed by atoms with Gasteiger partial charge in [0.05, 0.1) is 12.8 Å². The Bertz CT molecular complexity index is 863. The van der Waals surface area contributed by atoms with Gasteiger partial charge in [-0.05, 0) is 36.4 Å². The summed E-state index contributed by atoms with van der Waals surface area (Å²) in [5.41, 5.74) is 8.12. The number of carbonyl (C=O) groups excluding carboxylic acids is 1. The Balaban J connectivity index is 1.86. The van der Waals surface area contributed by atoms with Crippen LogP contribution in [0, 0.1) is 0 Å². The number of carbonyl (C=O) groups is 1. The number of para-hydroxylation sites is 1. The average Bonchev–Trinajstić information content (AvgIpc) is 2.62. The molecule has 0 aliphatic carbocycles. The van der Waals surface area contributed by atoms with Gasteiger partial charge in [-0.15, -0.1) is 0 Å². The summed E-state index contributed by atoms with van der Waals surface area (Å²) in [6.45, 7) is 0. The van der Waals surface area contributed by atoms with Gasteiger partial charge in [-0.25, -0.2) is 9.97 Å². The van der Waals surface area contributed by atoms with Gasteiger partial charge in [-0.2, -0.15) is 0 Å². The van der Waals surface area contributed by atoms with E-state index in [1.54, 1.807) is 31.4 Å². The van der Waals surface area contributed by atoms with Crippen LogP contribution in [0.3, 0.4) is 0 Å². The van der Waals surface area contributed by atoms with Gasteiger partial charge >= 0.3 is 0 Å². The highest BCUT2D eigenvalue weighted by Gasteiger charge is 2.08. The molecule has 0 bridgehead atoms. The van der Waals surface area contributed by atoms with Crippen LogP contribution in [-0.4, -0.2) is 23.0 Å². The van der Waals surface area contributed by atoms with Crippen LogP contribution >= 0.6 is 0 Å². The van der Waals surface area contributed by atoms with Gasteiger partial charge in [0, 0.05) is 22.9 Å². The molecule has 1 heterocycles. The van der Waals surface area contributed by atoms with Crippen molar-refractivity contribution in [3.05, 3.63) is 66.5 Å². The molecule has 24 heavy (non-hydrogen) atoms. The third-order valence-electron chi connectivity index (χ3n) is 3.49. The van der Waals surface area contributed by atoms with Crippen LogP contribution < -0.4 is 15.8 Å². The second-order valence-corrected chi connectivity index (χ2v) is 5.06. The fourth-order valence-corrected chi connectivity index (χ4v) is 2.29. The van der Waals surface area contributed by atoms with Crippen LogP contribution in [0.1, 0.15) is 10.4 Å². The molecule has 120 valence electrons. The SMILES string of the molecule is COc1ccccc1-c1cc(Nc2ccc(C(N)=O)cc2)ncn1. The van der Waals surface area contributed by atoms with Crippen molar-refractivity contribution in [3.8, 4) is 17.0 Å². The molecule has 0 saturated carbocycles. The van der Waals surface area contributed by atoms with Gasteiger partial charge in [0.2, 0.25) is 5.91 Å². The lowest BCUT2D eigenvalue weighted by Crippen LogP contribution is -2.10. The molecule has 3 N–H and O–H groups in total. The molecular formula is C18H16N4O2. The zero-order valence-electron chi connectivity index (χ0n) is 13.1. The normalized spacial score (nSPS) is 10.2. The van der Waals surface area contributed by atoms with E-state index in [4.69, 9.17) is 10.5 Å². The van der Waals surface area contributed by atoms with Crippen molar-refractivity contribution in [3.63, 3.8) is 0 Å². The van der Waals surface area contributed by atoms with Gasteiger partial charge in [-0.1, -0.05) is 12.1 Å². The minimum atomic E-state index is -0.456. The molecule has 0 fully saturated rings. The van der Waals surface area contributed by atoms with E-state index in [0.29, 0.717) is 11.4 Å². The first-order valence-corrected chi connectivity index (χ1v) is 7.29. The van der Waals surface area contributed by atoms with E-state index in [1.807, 2.05) is 30.3 Å². The first kappa shape index (κ1) is 15.5. The van der Waals surface area contributed by atoms with Crippen molar-refractivity contribution in [2.24, 2.45) is 5.73 Å². The van der Waals surface area contributed by atoms with Gasteiger partial charge in [-0.3, -0.25) is 4.79 Å². The molecule has 0 unspecified atom stereocenters. The van der Waals surface area contributed by atoms with E-state index in [9.17, 15) is 4.79 Å². The Hall–Kier alpha value is -3.41. The minimum Gasteiger partial charge on any atom is -0.496 e.